The van der Waals surface area contributed by atoms with Gasteiger partial charge >= 0.3 is 0 Å². The zero-order chi connectivity index (χ0) is 17.2. The quantitative estimate of drug-likeness (QED) is 0.816. The number of hydrogen-bond donors (Lipinski definition) is 0. The van der Waals surface area contributed by atoms with Crippen LogP contribution in [0.15, 0.2) is 17.5 Å². The van der Waals surface area contributed by atoms with Gasteiger partial charge in [-0.2, -0.15) is 0 Å². The third kappa shape index (κ3) is 3.26. The topological polar surface area (TPSA) is 32.8 Å². The summed E-state index contributed by atoms with van der Waals surface area (Å²) in [7, 11) is 6.09. The number of hydrogen-bond acceptors (Lipinski definition) is 4. The lowest BCUT2D eigenvalue weighted by Crippen LogP contribution is -2.47. The molecule has 1 aliphatic heterocycles. The van der Waals surface area contributed by atoms with Crippen molar-refractivity contribution >= 4 is 17.2 Å². The Balaban J connectivity index is 1.65. The molecule has 3 rings (SSSR count). The van der Waals surface area contributed by atoms with Gasteiger partial charge < -0.3 is 9.64 Å². The zero-order valence-corrected chi connectivity index (χ0v) is 16.0. The Morgan fingerprint density at radius 2 is 2.04 bits per heavy atom. The molecule has 5 heteroatoms. The van der Waals surface area contributed by atoms with E-state index in [9.17, 15) is 4.79 Å². The van der Waals surface area contributed by atoms with Crippen molar-refractivity contribution in [1.29, 1.82) is 0 Å². The van der Waals surface area contributed by atoms with Crippen molar-refractivity contribution in [1.82, 2.24) is 9.80 Å². The summed E-state index contributed by atoms with van der Waals surface area (Å²) in [6, 6.07) is 4.46. The van der Waals surface area contributed by atoms with Crippen molar-refractivity contribution in [3.8, 4) is 0 Å². The van der Waals surface area contributed by atoms with Crippen LogP contribution in [0.25, 0.3) is 0 Å². The van der Waals surface area contributed by atoms with Crippen LogP contribution in [0.4, 0.5) is 0 Å². The molecule has 0 radical (unpaired) electrons. The van der Waals surface area contributed by atoms with E-state index in [-0.39, 0.29) is 11.4 Å². The minimum Gasteiger partial charge on any atom is -0.384 e. The van der Waals surface area contributed by atoms with Gasteiger partial charge in [-0.3, -0.25) is 9.69 Å². The number of methoxy groups -OCH3 is 1. The van der Waals surface area contributed by atoms with Crippen LogP contribution >= 0.6 is 11.3 Å². The number of nitrogens with zero attached hydrogens (tertiary/aromatic N) is 2. The first-order valence-corrected chi connectivity index (χ1v) is 9.87. The first kappa shape index (κ1) is 17.9. The fourth-order valence-corrected chi connectivity index (χ4v) is 5.62. The van der Waals surface area contributed by atoms with Gasteiger partial charge in [0.05, 0.1) is 18.6 Å². The summed E-state index contributed by atoms with van der Waals surface area (Å²) in [5, 5.41) is 2.19. The molecule has 24 heavy (non-hydrogen) atoms. The molecule has 2 fully saturated rings. The van der Waals surface area contributed by atoms with E-state index in [1.165, 1.54) is 37.0 Å². The second-order valence-corrected chi connectivity index (χ2v) is 8.66. The molecule has 4 nitrogen and oxygen atoms in total. The number of amides is 1. The maximum atomic E-state index is 12.3. The molecule has 0 atom stereocenters. The van der Waals surface area contributed by atoms with Crippen LogP contribution in [-0.2, 0) is 15.1 Å². The number of likely N-dealkylation sites (tertiary alicyclic amines) is 1. The van der Waals surface area contributed by atoms with Crippen molar-refractivity contribution in [2.75, 3.05) is 40.9 Å². The number of rotatable bonds is 5. The van der Waals surface area contributed by atoms with Crippen LogP contribution < -0.4 is 0 Å². The number of carbonyl (C=O) groups excluding carboxylic acids is 1. The first-order chi connectivity index (χ1) is 11.5. The van der Waals surface area contributed by atoms with Gasteiger partial charge in [0.2, 0.25) is 5.91 Å². The Morgan fingerprint density at radius 1 is 1.29 bits per heavy atom. The molecular formula is C19H30N2O2S. The SMILES string of the molecule is COCCC(=O)N1CCC2(CCC(c3cccs3)(N(C)C)CC2)C1. The molecule has 1 aliphatic carbocycles. The zero-order valence-electron chi connectivity index (χ0n) is 15.2. The predicted molar refractivity (Wildman–Crippen MR) is 98.3 cm³/mol. The van der Waals surface area contributed by atoms with Crippen LogP contribution in [0.3, 0.4) is 0 Å². The highest BCUT2D eigenvalue weighted by molar-refractivity contribution is 7.10. The van der Waals surface area contributed by atoms with E-state index >= 15 is 0 Å². The standard InChI is InChI=1S/C19H30N2O2S/c1-20(2)19(16-5-4-14-24-16)9-7-18(8-10-19)11-12-21(15-18)17(22)6-13-23-3/h4-5,14H,6-13,15H2,1-3H3. The van der Waals surface area contributed by atoms with E-state index in [0.717, 1.165) is 13.1 Å². The lowest BCUT2D eigenvalue weighted by molar-refractivity contribution is -0.131. The van der Waals surface area contributed by atoms with Crippen LogP contribution in [0.2, 0.25) is 0 Å². The lowest BCUT2D eigenvalue weighted by atomic mass is 9.66. The molecule has 1 spiro atoms. The second-order valence-electron chi connectivity index (χ2n) is 7.71. The van der Waals surface area contributed by atoms with Gasteiger partial charge in [-0.15, -0.1) is 11.3 Å². The highest BCUT2D eigenvalue weighted by Crippen LogP contribution is 2.52. The minimum absolute atomic E-state index is 0.187. The Hall–Kier alpha value is -0.910. The van der Waals surface area contributed by atoms with Gasteiger partial charge in [-0.1, -0.05) is 6.07 Å². The van der Waals surface area contributed by atoms with Gasteiger partial charge in [-0.25, -0.2) is 0 Å². The number of thiophene rings is 1. The van der Waals surface area contributed by atoms with E-state index in [2.05, 4.69) is 41.4 Å². The first-order valence-electron chi connectivity index (χ1n) is 9.00. The van der Waals surface area contributed by atoms with E-state index in [4.69, 9.17) is 4.74 Å². The molecule has 1 saturated carbocycles. The van der Waals surface area contributed by atoms with Crippen molar-refractivity contribution in [2.24, 2.45) is 5.41 Å². The molecule has 2 aliphatic rings. The third-order valence-corrected chi connectivity index (χ3v) is 7.35. The molecular weight excluding hydrogens is 320 g/mol. The molecule has 1 saturated heterocycles. The van der Waals surface area contributed by atoms with Crippen LogP contribution in [0.1, 0.15) is 43.4 Å². The van der Waals surface area contributed by atoms with Crippen LogP contribution in [0, 0.1) is 5.41 Å². The summed E-state index contributed by atoms with van der Waals surface area (Å²) < 4.78 is 5.05. The number of ether oxygens (including phenoxy) is 1. The molecule has 1 aromatic rings. The molecule has 0 aromatic carbocycles. The highest BCUT2D eigenvalue weighted by Gasteiger charge is 2.48. The average Bonchev–Trinajstić information content (AvgIpc) is 3.24. The van der Waals surface area contributed by atoms with Crippen molar-refractivity contribution < 1.29 is 9.53 Å². The monoisotopic (exact) mass is 350 g/mol. The highest BCUT2D eigenvalue weighted by atomic mass is 32.1. The third-order valence-electron chi connectivity index (χ3n) is 6.28. The normalized spacial score (nSPS) is 30.4. The van der Waals surface area contributed by atoms with E-state index in [1.54, 1.807) is 7.11 Å². The molecule has 0 N–H and O–H groups in total. The lowest BCUT2D eigenvalue weighted by Gasteiger charge is -2.48. The molecule has 2 heterocycles. The van der Waals surface area contributed by atoms with E-state index < -0.39 is 0 Å². The summed E-state index contributed by atoms with van der Waals surface area (Å²) in [5.41, 5.74) is 0.534. The van der Waals surface area contributed by atoms with Crippen molar-refractivity contribution in [3.05, 3.63) is 22.4 Å². The molecule has 1 amide bonds. The fraction of sp³-hybridized carbons (Fsp3) is 0.737. The summed E-state index contributed by atoms with van der Waals surface area (Å²) in [6.45, 7) is 2.41. The maximum absolute atomic E-state index is 12.3. The Kier molecular flexibility index (Phi) is 5.33. The molecule has 0 bridgehead atoms. The van der Waals surface area contributed by atoms with Crippen LogP contribution in [-0.4, -0.2) is 56.6 Å². The minimum atomic E-state index is 0.187. The summed E-state index contributed by atoms with van der Waals surface area (Å²) in [6.07, 6.45) is 6.51. The largest absolute Gasteiger partial charge is 0.384 e. The molecule has 1 aromatic heterocycles. The number of carbonyl (C=O) groups is 1. The molecule has 0 unspecified atom stereocenters. The van der Waals surface area contributed by atoms with Gasteiger partial charge in [-0.05, 0) is 63.1 Å². The fourth-order valence-electron chi connectivity index (χ4n) is 4.55. The van der Waals surface area contributed by atoms with E-state index in [0.29, 0.717) is 18.4 Å². The maximum Gasteiger partial charge on any atom is 0.224 e. The second kappa shape index (κ2) is 7.14. The smallest absolute Gasteiger partial charge is 0.224 e. The average molecular weight is 351 g/mol. The summed E-state index contributed by atoms with van der Waals surface area (Å²) in [5.74, 6) is 0.261. The van der Waals surface area contributed by atoms with Crippen molar-refractivity contribution in [3.63, 3.8) is 0 Å². The van der Waals surface area contributed by atoms with Gasteiger partial charge in [0.25, 0.3) is 0 Å². The van der Waals surface area contributed by atoms with Crippen LogP contribution in [0.5, 0.6) is 0 Å². The summed E-state index contributed by atoms with van der Waals surface area (Å²) >= 11 is 1.88. The van der Waals surface area contributed by atoms with Crippen molar-refractivity contribution in [2.45, 2.75) is 44.1 Å². The Labute approximate surface area is 149 Å². The molecule has 134 valence electrons. The van der Waals surface area contributed by atoms with Gasteiger partial charge in [0.15, 0.2) is 0 Å². The Bertz CT molecular complexity index is 548. The summed E-state index contributed by atoms with van der Waals surface area (Å²) in [4.78, 5) is 18.3. The Morgan fingerprint density at radius 3 is 2.62 bits per heavy atom. The van der Waals surface area contributed by atoms with Gasteiger partial charge in [0, 0.05) is 25.1 Å². The van der Waals surface area contributed by atoms with Gasteiger partial charge in [0.1, 0.15) is 0 Å². The predicted octanol–water partition coefficient (Wildman–Crippen LogP) is 3.33. The van der Waals surface area contributed by atoms with E-state index in [1.807, 2.05) is 11.3 Å².